The molecule has 1 atom stereocenters. The Hall–Kier alpha value is -1.93. The maximum atomic E-state index is 13.6. The molecule has 0 aromatic carbocycles. The van der Waals surface area contributed by atoms with Gasteiger partial charge < -0.3 is 35.1 Å². The Morgan fingerprint density at radius 2 is 1.74 bits per heavy atom. The molecule has 0 fully saturated rings. The summed E-state index contributed by atoms with van der Waals surface area (Å²) in [6.45, 7) is 16.2. The topological polar surface area (TPSA) is 114 Å². The van der Waals surface area contributed by atoms with Gasteiger partial charge in [-0.1, -0.05) is 39.3 Å². The van der Waals surface area contributed by atoms with E-state index in [9.17, 15) is 9.90 Å². The van der Waals surface area contributed by atoms with Crippen LogP contribution in [0.15, 0.2) is 23.0 Å². The van der Waals surface area contributed by atoms with E-state index in [0.29, 0.717) is 44.3 Å². The van der Waals surface area contributed by atoms with Crippen molar-refractivity contribution in [2.24, 2.45) is 10.7 Å². The summed E-state index contributed by atoms with van der Waals surface area (Å²) in [5.74, 6) is 0.0755. The number of hydrogen-bond donors (Lipinski definition) is 3. The smallest absolute Gasteiger partial charge is 0.273 e. The minimum Gasteiger partial charge on any atom is -0.370 e. The van der Waals surface area contributed by atoms with Crippen molar-refractivity contribution in [3.05, 3.63) is 29.2 Å². The van der Waals surface area contributed by atoms with Crippen LogP contribution in [0.1, 0.15) is 22.5 Å². The Balaban J connectivity index is 1.83. The molecule has 0 bridgehead atoms. The van der Waals surface area contributed by atoms with E-state index in [1.807, 2.05) is 16.8 Å². The number of nitrogens with one attached hydrogen (secondary N) is 1. The number of aromatic nitrogens is 1. The molecule has 190 valence electrons. The Kier molecular flexibility index (Phi) is 8.45. The maximum Gasteiger partial charge on any atom is 0.273 e. The first-order chi connectivity index (χ1) is 15.9. The lowest BCUT2D eigenvalue weighted by Crippen LogP contribution is -2.35. The SMILES string of the molecule is C[Si](C)(C)CCOCN1CCC(=C2NC(N)=NC2O)c2ccn(COCC[Si](C)(C)C)c2C1=O. The van der Waals surface area contributed by atoms with Gasteiger partial charge in [-0.05, 0) is 30.1 Å². The van der Waals surface area contributed by atoms with E-state index in [1.165, 1.54) is 0 Å². The molecular formula is C23H41N5O4Si2. The summed E-state index contributed by atoms with van der Waals surface area (Å²) in [5, 5.41) is 13.4. The van der Waals surface area contributed by atoms with E-state index >= 15 is 0 Å². The largest absolute Gasteiger partial charge is 0.370 e. The molecule has 1 unspecified atom stereocenters. The fourth-order valence-corrected chi connectivity index (χ4v) is 5.37. The van der Waals surface area contributed by atoms with E-state index in [-0.39, 0.29) is 18.6 Å². The van der Waals surface area contributed by atoms with Crippen LogP contribution in [0.3, 0.4) is 0 Å². The summed E-state index contributed by atoms with van der Waals surface area (Å²) in [5.41, 5.74) is 8.49. The normalized spacial score (nSPS) is 21.4. The fourth-order valence-electron chi connectivity index (χ4n) is 3.85. The molecule has 4 N–H and O–H groups in total. The van der Waals surface area contributed by atoms with Crippen molar-refractivity contribution in [1.82, 2.24) is 14.8 Å². The predicted molar refractivity (Wildman–Crippen MR) is 141 cm³/mol. The maximum absolute atomic E-state index is 13.6. The predicted octanol–water partition coefficient (Wildman–Crippen LogP) is 2.91. The molecule has 1 amide bonds. The van der Waals surface area contributed by atoms with Gasteiger partial charge in [-0.3, -0.25) is 4.79 Å². The molecule has 9 nitrogen and oxygen atoms in total. The second-order valence-electron chi connectivity index (χ2n) is 11.5. The minimum atomic E-state index is -1.22. The van der Waals surface area contributed by atoms with Crippen molar-refractivity contribution < 1.29 is 19.4 Å². The van der Waals surface area contributed by atoms with Crippen molar-refractivity contribution in [2.45, 2.75) is 70.7 Å². The zero-order chi connectivity index (χ0) is 25.1. The van der Waals surface area contributed by atoms with Gasteiger partial charge in [0.15, 0.2) is 12.2 Å². The Morgan fingerprint density at radius 1 is 1.12 bits per heavy atom. The number of fused-ring (bicyclic) bond motifs is 1. The van der Waals surface area contributed by atoms with Crippen LogP contribution in [-0.2, 0) is 16.2 Å². The number of rotatable bonds is 10. The van der Waals surface area contributed by atoms with E-state index in [2.05, 4.69) is 49.6 Å². The van der Waals surface area contributed by atoms with Crippen molar-refractivity contribution in [3.8, 4) is 0 Å². The molecule has 2 aliphatic heterocycles. The fraction of sp³-hybridized carbons (Fsp3) is 0.652. The molecule has 0 spiro atoms. The first-order valence-corrected chi connectivity index (χ1v) is 19.4. The highest BCUT2D eigenvalue weighted by Crippen LogP contribution is 2.33. The molecular weight excluding hydrogens is 466 g/mol. The number of aliphatic hydroxyl groups is 1. The summed E-state index contributed by atoms with van der Waals surface area (Å²) in [6, 6.07) is 4.02. The molecule has 0 saturated carbocycles. The molecule has 1 aromatic rings. The monoisotopic (exact) mass is 507 g/mol. The molecule has 0 aliphatic carbocycles. The second kappa shape index (κ2) is 10.8. The van der Waals surface area contributed by atoms with Crippen LogP contribution in [0, 0.1) is 0 Å². The van der Waals surface area contributed by atoms with E-state index < -0.39 is 22.4 Å². The van der Waals surface area contributed by atoms with Gasteiger partial charge >= 0.3 is 0 Å². The highest BCUT2D eigenvalue weighted by atomic mass is 28.3. The first kappa shape index (κ1) is 26.7. The Bertz CT molecular complexity index is 946. The van der Waals surface area contributed by atoms with Gasteiger partial charge in [0.2, 0.25) is 0 Å². The van der Waals surface area contributed by atoms with Crippen molar-refractivity contribution >= 4 is 33.6 Å². The van der Waals surface area contributed by atoms with Gasteiger partial charge in [0.05, 0.1) is 5.70 Å². The van der Waals surface area contributed by atoms with Gasteiger partial charge in [-0.2, -0.15) is 0 Å². The van der Waals surface area contributed by atoms with Crippen molar-refractivity contribution in [1.29, 1.82) is 0 Å². The quantitative estimate of drug-likeness (QED) is 0.331. The van der Waals surface area contributed by atoms with Crippen LogP contribution in [-0.4, -0.2) is 75.3 Å². The number of aliphatic hydroxyl groups excluding tert-OH is 1. The molecule has 34 heavy (non-hydrogen) atoms. The molecule has 1 aromatic heterocycles. The third-order valence-electron chi connectivity index (χ3n) is 5.99. The van der Waals surface area contributed by atoms with E-state index in [4.69, 9.17) is 15.2 Å². The molecule has 0 radical (unpaired) electrons. The van der Waals surface area contributed by atoms with Gasteiger partial charge in [0.25, 0.3) is 5.91 Å². The number of amides is 1. The van der Waals surface area contributed by atoms with Gasteiger partial charge in [0, 0.05) is 47.7 Å². The standard InChI is InChI=1S/C23H41N5O4Si2/c1-33(2,3)13-11-31-15-27-9-8-18-17(19-21(29)26-23(24)25-19)7-10-28(22(30)20(18)27)16-32-12-14-34(4,5)6/h8-9,21,29H,7,10-16H2,1-6H3,(H3,24,25,26). The van der Waals surface area contributed by atoms with Gasteiger partial charge in [-0.15, -0.1) is 0 Å². The zero-order valence-corrected chi connectivity index (χ0v) is 23.5. The average molecular weight is 508 g/mol. The molecule has 0 saturated heterocycles. The summed E-state index contributed by atoms with van der Waals surface area (Å²) in [6.07, 6.45) is 1.37. The van der Waals surface area contributed by atoms with Crippen LogP contribution in [0.4, 0.5) is 0 Å². The molecule has 2 aliphatic rings. The Labute approximate surface area is 205 Å². The lowest BCUT2D eigenvalue weighted by Gasteiger charge is -2.23. The van der Waals surface area contributed by atoms with Crippen molar-refractivity contribution in [2.75, 3.05) is 26.5 Å². The molecule has 3 rings (SSSR count). The van der Waals surface area contributed by atoms with Crippen LogP contribution in [0.2, 0.25) is 51.4 Å². The third-order valence-corrected chi connectivity index (χ3v) is 9.40. The first-order valence-electron chi connectivity index (χ1n) is 12.0. The van der Waals surface area contributed by atoms with Crippen LogP contribution < -0.4 is 11.1 Å². The third kappa shape index (κ3) is 7.04. The zero-order valence-electron chi connectivity index (χ0n) is 21.5. The van der Waals surface area contributed by atoms with E-state index in [0.717, 1.165) is 23.2 Å². The minimum absolute atomic E-state index is 0.0984. The van der Waals surface area contributed by atoms with Crippen molar-refractivity contribution in [3.63, 3.8) is 0 Å². The number of guanidine groups is 1. The number of ether oxygens (including phenoxy) is 2. The Morgan fingerprint density at radius 3 is 2.29 bits per heavy atom. The van der Waals surface area contributed by atoms with Gasteiger partial charge in [-0.25, -0.2) is 4.99 Å². The number of nitrogens with two attached hydrogens (primary N) is 1. The number of carbonyl (C=O) groups is 1. The van der Waals surface area contributed by atoms with Crippen LogP contribution in [0.25, 0.3) is 5.57 Å². The summed E-state index contributed by atoms with van der Waals surface area (Å²) in [7, 11) is -2.42. The number of aliphatic imine (C=N–C) groups is 1. The summed E-state index contributed by atoms with van der Waals surface area (Å²) < 4.78 is 13.7. The van der Waals surface area contributed by atoms with Gasteiger partial charge in [0.1, 0.15) is 19.2 Å². The second-order valence-corrected chi connectivity index (χ2v) is 22.7. The van der Waals surface area contributed by atoms with Crippen LogP contribution >= 0.6 is 0 Å². The lowest BCUT2D eigenvalue weighted by atomic mass is 10.0. The summed E-state index contributed by atoms with van der Waals surface area (Å²) in [4.78, 5) is 19.4. The highest BCUT2D eigenvalue weighted by Gasteiger charge is 2.33. The average Bonchev–Trinajstić information content (AvgIpc) is 3.24. The number of nitrogens with zero attached hydrogens (tertiary/aromatic N) is 3. The van der Waals surface area contributed by atoms with E-state index in [1.54, 1.807) is 4.90 Å². The number of hydrogen-bond acceptors (Lipinski definition) is 7. The lowest BCUT2D eigenvalue weighted by molar-refractivity contribution is 0.0270. The highest BCUT2D eigenvalue weighted by molar-refractivity contribution is 6.76. The molecule has 3 heterocycles. The molecule has 11 heteroatoms. The van der Waals surface area contributed by atoms with Crippen LogP contribution in [0.5, 0.6) is 0 Å². The number of carbonyl (C=O) groups excluding carboxylic acids is 1. The summed E-state index contributed by atoms with van der Waals surface area (Å²) >= 11 is 0.